The molecule has 1 N–H and O–H groups in total. The van der Waals surface area contributed by atoms with E-state index in [1.54, 1.807) is 11.3 Å². The maximum absolute atomic E-state index is 8.95. The van der Waals surface area contributed by atoms with Crippen LogP contribution in [0.5, 0.6) is 0 Å². The first-order valence-electron chi connectivity index (χ1n) is 7.10. The molecule has 108 valence electrons. The van der Waals surface area contributed by atoms with E-state index in [1.165, 1.54) is 17.8 Å². The average molecular weight is 292 g/mol. The summed E-state index contributed by atoms with van der Waals surface area (Å²) in [6.45, 7) is 3.87. The van der Waals surface area contributed by atoms with Crippen molar-refractivity contribution in [2.24, 2.45) is 0 Å². The zero-order valence-corrected chi connectivity index (χ0v) is 12.3. The first-order valence-corrected chi connectivity index (χ1v) is 7.98. The Balaban J connectivity index is 1.62. The third-order valence-electron chi connectivity index (χ3n) is 3.76. The molecule has 1 atom stereocenters. The molecule has 0 saturated carbocycles. The molecule has 0 aromatic carbocycles. The molecule has 3 rings (SSSR count). The molecule has 1 fully saturated rings. The van der Waals surface area contributed by atoms with Gasteiger partial charge in [-0.3, -0.25) is 9.58 Å². The predicted octanol–water partition coefficient (Wildman–Crippen LogP) is 1.71. The number of nitrogens with zero attached hydrogens (tertiary/aromatic N) is 4. The van der Waals surface area contributed by atoms with Crippen molar-refractivity contribution in [1.82, 2.24) is 19.7 Å². The molecule has 0 radical (unpaired) electrons. The topological polar surface area (TPSA) is 54.2 Å². The molecule has 1 aliphatic heterocycles. The van der Waals surface area contributed by atoms with E-state index in [2.05, 4.69) is 21.0 Å². The second-order valence-electron chi connectivity index (χ2n) is 5.23. The van der Waals surface area contributed by atoms with Crippen LogP contribution in [0.1, 0.15) is 29.5 Å². The molecular formula is C14H20N4OS. The Morgan fingerprint density at radius 2 is 2.40 bits per heavy atom. The summed E-state index contributed by atoms with van der Waals surface area (Å²) >= 11 is 1.72. The fourth-order valence-corrected chi connectivity index (χ4v) is 3.44. The summed E-state index contributed by atoms with van der Waals surface area (Å²) in [6, 6.07) is 2.09. The first-order chi connectivity index (χ1) is 9.85. The Bertz CT molecular complexity index is 525. The maximum Gasteiger partial charge on any atom is 0.107 e. The van der Waals surface area contributed by atoms with Crippen LogP contribution in [0.25, 0.3) is 0 Å². The lowest BCUT2D eigenvalue weighted by molar-refractivity contribution is 0.197. The van der Waals surface area contributed by atoms with Crippen LogP contribution in [0.2, 0.25) is 0 Å². The normalized spacial score (nSPS) is 20.4. The van der Waals surface area contributed by atoms with E-state index in [4.69, 9.17) is 5.11 Å². The zero-order valence-electron chi connectivity index (χ0n) is 11.5. The van der Waals surface area contributed by atoms with E-state index in [0.717, 1.165) is 25.3 Å². The third-order valence-corrected chi connectivity index (χ3v) is 4.52. The highest BCUT2D eigenvalue weighted by molar-refractivity contribution is 7.09. The van der Waals surface area contributed by atoms with Gasteiger partial charge < -0.3 is 5.11 Å². The summed E-state index contributed by atoms with van der Waals surface area (Å²) in [5.74, 6) is 0.503. The van der Waals surface area contributed by atoms with Crippen molar-refractivity contribution in [2.45, 2.75) is 31.8 Å². The van der Waals surface area contributed by atoms with Crippen LogP contribution in [-0.2, 0) is 13.1 Å². The van der Waals surface area contributed by atoms with Crippen molar-refractivity contribution in [2.75, 3.05) is 19.7 Å². The van der Waals surface area contributed by atoms with Gasteiger partial charge in [0.15, 0.2) is 0 Å². The van der Waals surface area contributed by atoms with E-state index < -0.39 is 0 Å². The monoisotopic (exact) mass is 292 g/mol. The van der Waals surface area contributed by atoms with Gasteiger partial charge in [-0.2, -0.15) is 5.10 Å². The highest BCUT2D eigenvalue weighted by Gasteiger charge is 2.23. The molecule has 20 heavy (non-hydrogen) atoms. The fourth-order valence-electron chi connectivity index (χ4n) is 2.79. The lowest BCUT2D eigenvalue weighted by atomic mass is 9.95. The van der Waals surface area contributed by atoms with Gasteiger partial charge in [0, 0.05) is 30.2 Å². The molecule has 2 aromatic rings. The van der Waals surface area contributed by atoms with E-state index in [0.29, 0.717) is 12.5 Å². The third kappa shape index (κ3) is 3.26. The standard InChI is InChI=1S/C14H20N4OS/c19-8-7-18-6-3-13(16-18)12-2-1-5-17(10-12)11-14-15-4-9-20-14/h3-4,6,9,12,19H,1-2,5,7-8,10-11H2/t12-/m0/s1. The van der Waals surface area contributed by atoms with Crippen molar-refractivity contribution in [3.63, 3.8) is 0 Å². The zero-order chi connectivity index (χ0) is 13.8. The number of hydrogen-bond acceptors (Lipinski definition) is 5. The Morgan fingerprint density at radius 3 is 3.20 bits per heavy atom. The van der Waals surface area contributed by atoms with Crippen LogP contribution in [0, 0.1) is 0 Å². The molecule has 6 heteroatoms. The van der Waals surface area contributed by atoms with Crippen molar-refractivity contribution >= 4 is 11.3 Å². The second kappa shape index (κ2) is 6.47. The van der Waals surface area contributed by atoms with Crippen LogP contribution in [-0.4, -0.2) is 44.5 Å². The number of aliphatic hydroxyl groups is 1. The van der Waals surface area contributed by atoms with Crippen LogP contribution in [0.4, 0.5) is 0 Å². The Kier molecular flexibility index (Phi) is 4.44. The second-order valence-corrected chi connectivity index (χ2v) is 6.21. The van der Waals surface area contributed by atoms with Gasteiger partial charge in [-0.25, -0.2) is 4.98 Å². The van der Waals surface area contributed by atoms with Crippen LogP contribution >= 0.6 is 11.3 Å². The van der Waals surface area contributed by atoms with Crippen molar-refractivity contribution < 1.29 is 5.11 Å². The Hall–Kier alpha value is -1.24. The van der Waals surface area contributed by atoms with E-state index in [9.17, 15) is 0 Å². The minimum absolute atomic E-state index is 0.141. The summed E-state index contributed by atoms with van der Waals surface area (Å²) in [6.07, 6.45) is 6.25. The summed E-state index contributed by atoms with van der Waals surface area (Å²) in [5, 5.41) is 16.7. The minimum atomic E-state index is 0.141. The molecule has 0 aliphatic carbocycles. The lowest BCUT2D eigenvalue weighted by Gasteiger charge is -2.31. The molecule has 5 nitrogen and oxygen atoms in total. The number of aromatic nitrogens is 3. The number of rotatable bonds is 5. The Morgan fingerprint density at radius 1 is 1.45 bits per heavy atom. The smallest absolute Gasteiger partial charge is 0.107 e. The number of likely N-dealkylation sites (tertiary alicyclic amines) is 1. The minimum Gasteiger partial charge on any atom is -0.394 e. The molecule has 1 saturated heterocycles. The van der Waals surface area contributed by atoms with Gasteiger partial charge in [0.2, 0.25) is 0 Å². The molecule has 2 aromatic heterocycles. The van der Waals surface area contributed by atoms with Gasteiger partial charge in [0.25, 0.3) is 0 Å². The number of aliphatic hydroxyl groups excluding tert-OH is 1. The van der Waals surface area contributed by atoms with E-state index >= 15 is 0 Å². The summed E-state index contributed by atoms with van der Waals surface area (Å²) in [7, 11) is 0. The SMILES string of the molecule is OCCn1ccc([C@H]2CCCN(Cc3nccs3)C2)n1. The molecule has 0 unspecified atom stereocenters. The highest BCUT2D eigenvalue weighted by atomic mass is 32.1. The van der Waals surface area contributed by atoms with E-state index in [1.807, 2.05) is 22.5 Å². The molecule has 0 spiro atoms. The Labute approximate surface area is 122 Å². The summed E-state index contributed by atoms with van der Waals surface area (Å²) in [5.41, 5.74) is 1.15. The fraction of sp³-hybridized carbons (Fsp3) is 0.571. The lowest BCUT2D eigenvalue weighted by Crippen LogP contribution is -2.34. The summed E-state index contributed by atoms with van der Waals surface area (Å²) < 4.78 is 1.83. The molecule has 0 amide bonds. The number of hydrogen-bond donors (Lipinski definition) is 1. The van der Waals surface area contributed by atoms with Gasteiger partial charge in [-0.15, -0.1) is 11.3 Å². The largest absolute Gasteiger partial charge is 0.394 e. The van der Waals surface area contributed by atoms with Crippen LogP contribution in [0.3, 0.4) is 0 Å². The van der Waals surface area contributed by atoms with E-state index in [-0.39, 0.29) is 6.61 Å². The van der Waals surface area contributed by atoms with Crippen molar-refractivity contribution in [3.05, 3.63) is 34.5 Å². The van der Waals surface area contributed by atoms with Crippen LogP contribution in [0.15, 0.2) is 23.8 Å². The quantitative estimate of drug-likeness (QED) is 0.911. The maximum atomic E-state index is 8.95. The van der Waals surface area contributed by atoms with Crippen molar-refractivity contribution in [1.29, 1.82) is 0 Å². The number of piperidine rings is 1. The molecule has 3 heterocycles. The molecular weight excluding hydrogens is 272 g/mol. The molecule has 1 aliphatic rings. The predicted molar refractivity (Wildman–Crippen MR) is 78.7 cm³/mol. The van der Waals surface area contributed by atoms with Crippen LogP contribution < -0.4 is 0 Å². The van der Waals surface area contributed by atoms with Gasteiger partial charge in [-0.1, -0.05) is 0 Å². The van der Waals surface area contributed by atoms with Crippen molar-refractivity contribution in [3.8, 4) is 0 Å². The van der Waals surface area contributed by atoms with Gasteiger partial charge in [-0.05, 0) is 25.5 Å². The van der Waals surface area contributed by atoms with Gasteiger partial charge in [0.1, 0.15) is 5.01 Å². The summed E-state index contributed by atoms with van der Waals surface area (Å²) in [4.78, 5) is 6.84. The van der Waals surface area contributed by atoms with Gasteiger partial charge in [0.05, 0.1) is 25.4 Å². The number of thiazole rings is 1. The van der Waals surface area contributed by atoms with Gasteiger partial charge >= 0.3 is 0 Å². The highest BCUT2D eigenvalue weighted by Crippen LogP contribution is 2.26. The molecule has 0 bridgehead atoms. The first kappa shape index (κ1) is 13.7. The average Bonchev–Trinajstić information content (AvgIpc) is 3.11.